The maximum Gasteiger partial charge on any atom is 0.338 e. The Labute approximate surface area is 145 Å². The van der Waals surface area contributed by atoms with Crippen molar-refractivity contribution in [3.8, 4) is 0 Å². The van der Waals surface area contributed by atoms with Crippen molar-refractivity contribution in [1.82, 2.24) is 0 Å². The van der Waals surface area contributed by atoms with Crippen LogP contribution in [0, 0.1) is 6.92 Å². The van der Waals surface area contributed by atoms with E-state index in [0.29, 0.717) is 11.3 Å². The number of esters is 1. The fourth-order valence-electron chi connectivity index (χ4n) is 2.21. The average molecular weight is 335 g/mol. The van der Waals surface area contributed by atoms with Crippen molar-refractivity contribution in [3.63, 3.8) is 0 Å². The van der Waals surface area contributed by atoms with Gasteiger partial charge in [-0.25, -0.2) is 4.79 Å². The largest absolute Gasteiger partial charge is 0.459 e. The molecule has 3 rings (SSSR count). The number of ether oxygens (including phenoxy) is 1. The Bertz CT molecular complexity index is 850. The molecule has 0 saturated heterocycles. The van der Waals surface area contributed by atoms with Crippen LogP contribution in [0.1, 0.15) is 32.0 Å². The molecule has 5 heteroatoms. The van der Waals surface area contributed by atoms with Crippen LogP contribution >= 0.6 is 0 Å². The van der Waals surface area contributed by atoms with Gasteiger partial charge in [-0.2, -0.15) is 0 Å². The van der Waals surface area contributed by atoms with E-state index >= 15 is 0 Å². The van der Waals surface area contributed by atoms with Crippen LogP contribution in [0.25, 0.3) is 0 Å². The Balaban J connectivity index is 1.56. The van der Waals surface area contributed by atoms with Crippen molar-refractivity contribution in [1.29, 1.82) is 0 Å². The minimum atomic E-state index is -0.413. The van der Waals surface area contributed by atoms with Crippen molar-refractivity contribution in [2.75, 3.05) is 5.32 Å². The Morgan fingerprint density at radius 3 is 2.36 bits per heavy atom. The molecule has 25 heavy (non-hydrogen) atoms. The van der Waals surface area contributed by atoms with E-state index in [1.807, 2.05) is 31.2 Å². The number of hydrogen-bond donors (Lipinski definition) is 1. The third kappa shape index (κ3) is 4.35. The van der Waals surface area contributed by atoms with Gasteiger partial charge in [0.25, 0.3) is 5.91 Å². The zero-order valence-electron chi connectivity index (χ0n) is 13.7. The molecular weight excluding hydrogens is 318 g/mol. The van der Waals surface area contributed by atoms with Crippen LogP contribution in [0.15, 0.2) is 71.3 Å². The predicted octanol–water partition coefficient (Wildman–Crippen LogP) is 4.20. The normalized spacial score (nSPS) is 10.3. The summed E-state index contributed by atoms with van der Waals surface area (Å²) in [6.45, 7) is 2.22. The molecule has 3 aromatic rings. The smallest absolute Gasteiger partial charge is 0.338 e. The van der Waals surface area contributed by atoms with E-state index in [0.717, 1.165) is 11.1 Å². The Morgan fingerprint density at radius 2 is 1.72 bits per heavy atom. The maximum absolute atomic E-state index is 12.1. The molecule has 2 aromatic carbocycles. The summed E-state index contributed by atoms with van der Waals surface area (Å²) in [4.78, 5) is 24.0. The number of anilines is 1. The van der Waals surface area contributed by atoms with E-state index in [4.69, 9.17) is 9.15 Å². The number of carbonyl (C=O) groups excluding carboxylic acids is 2. The van der Waals surface area contributed by atoms with E-state index in [2.05, 4.69) is 5.32 Å². The van der Waals surface area contributed by atoms with Crippen molar-refractivity contribution in [2.45, 2.75) is 13.5 Å². The molecule has 0 unspecified atom stereocenters. The van der Waals surface area contributed by atoms with Gasteiger partial charge < -0.3 is 14.5 Å². The lowest BCUT2D eigenvalue weighted by molar-refractivity contribution is 0.0472. The highest BCUT2D eigenvalue weighted by molar-refractivity contribution is 6.02. The SMILES string of the molecule is Cc1ccc(COC(=O)c2ccc(NC(=O)c3ccco3)cc2)cc1. The number of amides is 1. The van der Waals surface area contributed by atoms with Crippen LogP contribution in [-0.4, -0.2) is 11.9 Å². The number of benzene rings is 2. The molecule has 0 saturated carbocycles. The summed E-state index contributed by atoms with van der Waals surface area (Å²) in [6, 6.07) is 17.5. The summed E-state index contributed by atoms with van der Waals surface area (Å²) in [5.74, 6) is -0.536. The van der Waals surface area contributed by atoms with Crippen LogP contribution < -0.4 is 5.32 Å². The molecule has 0 spiro atoms. The maximum atomic E-state index is 12.1. The second kappa shape index (κ2) is 7.49. The van der Waals surface area contributed by atoms with Gasteiger partial charge in [0.1, 0.15) is 6.61 Å². The number of carbonyl (C=O) groups is 2. The zero-order chi connectivity index (χ0) is 17.6. The second-order valence-electron chi connectivity index (χ2n) is 5.57. The molecule has 0 aliphatic heterocycles. The second-order valence-corrected chi connectivity index (χ2v) is 5.57. The fourth-order valence-corrected chi connectivity index (χ4v) is 2.21. The minimum Gasteiger partial charge on any atom is -0.459 e. The number of furan rings is 1. The molecule has 126 valence electrons. The van der Waals surface area contributed by atoms with Crippen LogP contribution in [0.2, 0.25) is 0 Å². The van der Waals surface area contributed by atoms with Gasteiger partial charge in [-0.1, -0.05) is 29.8 Å². The number of aryl methyl sites for hydroxylation is 1. The number of hydrogen-bond acceptors (Lipinski definition) is 4. The molecule has 1 heterocycles. The van der Waals surface area contributed by atoms with Crippen molar-refractivity contribution in [2.24, 2.45) is 0 Å². The summed E-state index contributed by atoms with van der Waals surface area (Å²) in [5.41, 5.74) is 3.07. The first-order chi connectivity index (χ1) is 12.1. The predicted molar refractivity (Wildman–Crippen MR) is 93.4 cm³/mol. The summed E-state index contributed by atoms with van der Waals surface area (Å²) < 4.78 is 10.3. The summed E-state index contributed by atoms with van der Waals surface area (Å²) >= 11 is 0. The first-order valence-electron chi connectivity index (χ1n) is 7.79. The summed E-state index contributed by atoms with van der Waals surface area (Å²) in [6.07, 6.45) is 1.43. The highest BCUT2D eigenvalue weighted by Gasteiger charge is 2.10. The van der Waals surface area contributed by atoms with Gasteiger partial charge in [0.05, 0.1) is 11.8 Å². The Kier molecular flexibility index (Phi) is 4.95. The van der Waals surface area contributed by atoms with E-state index < -0.39 is 5.97 Å². The molecule has 1 aromatic heterocycles. The molecule has 5 nitrogen and oxygen atoms in total. The molecule has 0 radical (unpaired) electrons. The van der Waals surface area contributed by atoms with Crippen LogP contribution in [0.4, 0.5) is 5.69 Å². The summed E-state index contributed by atoms with van der Waals surface area (Å²) in [5, 5.41) is 2.69. The molecular formula is C20H17NO4. The molecule has 0 fully saturated rings. The lowest BCUT2D eigenvalue weighted by atomic mass is 10.1. The first kappa shape index (κ1) is 16.5. The van der Waals surface area contributed by atoms with Gasteiger partial charge in [0.2, 0.25) is 0 Å². The van der Waals surface area contributed by atoms with Gasteiger partial charge in [-0.15, -0.1) is 0 Å². The lowest BCUT2D eigenvalue weighted by Crippen LogP contribution is -2.11. The van der Waals surface area contributed by atoms with Crippen LogP contribution in [0.3, 0.4) is 0 Å². The van der Waals surface area contributed by atoms with E-state index in [1.54, 1.807) is 36.4 Å². The molecule has 0 aliphatic carbocycles. The molecule has 0 atom stereocenters. The van der Waals surface area contributed by atoms with Crippen molar-refractivity contribution >= 4 is 17.6 Å². The highest BCUT2D eigenvalue weighted by atomic mass is 16.5. The van der Waals surface area contributed by atoms with Gasteiger partial charge in [-0.3, -0.25) is 4.79 Å². The van der Waals surface area contributed by atoms with Gasteiger partial charge >= 0.3 is 5.97 Å². The molecule has 1 N–H and O–H groups in total. The quantitative estimate of drug-likeness (QED) is 0.710. The first-order valence-corrected chi connectivity index (χ1v) is 7.79. The van der Waals surface area contributed by atoms with E-state index in [1.165, 1.54) is 6.26 Å². The van der Waals surface area contributed by atoms with Crippen LogP contribution in [0.5, 0.6) is 0 Å². The Morgan fingerprint density at radius 1 is 1.00 bits per heavy atom. The fraction of sp³-hybridized carbons (Fsp3) is 0.100. The third-order valence-corrected chi connectivity index (χ3v) is 3.61. The topological polar surface area (TPSA) is 68.5 Å². The highest BCUT2D eigenvalue weighted by Crippen LogP contribution is 2.13. The van der Waals surface area contributed by atoms with Gasteiger partial charge in [0.15, 0.2) is 5.76 Å². The van der Waals surface area contributed by atoms with Gasteiger partial charge in [0, 0.05) is 5.69 Å². The van der Waals surface area contributed by atoms with Crippen molar-refractivity contribution in [3.05, 3.63) is 89.4 Å². The monoisotopic (exact) mass is 335 g/mol. The van der Waals surface area contributed by atoms with E-state index in [9.17, 15) is 9.59 Å². The van der Waals surface area contributed by atoms with Crippen molar-refractivity contribution < 1.29 is 18.7 Å². The van der Waals surface area contributed by atoms with E-state index in [-0.39, 0.29) is 18.3 Å². The third-order valence-electron chi connectivity index (χ3n) is 3.61. The average Bonchev–Trinajstić information content (AvgIpc) is 3.16. The number of nitrogens with one attached hydrogen (secondary N) is 1. The zero-order valence-corrected chi connectivity index (χ0v) is 13.7. The van der Waals surface area contributed by atoms with Crippen LogP contribution in [-0.2, 0) is 11.3 Å². The minimum absolute atomic E-state index is 0.218. The Hall–Kier alpha value is -3.34. The molecule has 1 amide bonds. The standard InChI is InChI=1S/C20H17NO4/c1-14-4-6-15(7-5-14)13-25-20(23)16-8-10-17(11-9-16)21-19(22)18-3-2-12-24-18/h2-12H,13H2,1H3,(H,21,22). The molecule has 0 aliphatic rings. The number of rotatable bonds is 5. The molecule has 0 bridgehead atoms. The summed E-state index contributed by atoms with van der Waals surface area (Å²) in [7, 11) is 0. The van der Waals surface area contributed by atoms with Gasteiger partial charge in [-0.05, 0) is 48.9 Å². The lowest BCUT2D eigenvalue weighted by Gasteiger charge is -2.07.